The molecule has 0 bridgehead atoms. The van der Waals surface area contributed by atoms with Gasteiger partial charge >= 0.3 is 0 Å². The molecule has 0 aliphatic rings. The highest BCUT2D eigenvalue weighted by Gasteiger charge is 2.02. The van der Waals surface area contributed by atoms with Crippen LogP contribution in [-0.4, -0.2) is 24.5 Å². The lowest BCUT2D eigenvalue weighted by Gasteiger charge is -2.11. The Morgan fingerprint density at radius 2 is 2.29 bits per heavy atom. The lowest BCUT2D eigenvalue weighted by molar-refractivity contribution is 0.322. The highest BCUT2D eigenvalue weighted by molar-refractivity contribution is 7.99. The van der Waals surface area contributed by atoms with Gasteiger partial charge in [0.1, 0.15) is 0 Å². The molecule has 0 saturated carbocycles. The van der Waals surface area contributed by atoms with Gasteiger partial charge in [-0.15, -0.1) is 11.8 Å². The molecule has 1 atom stereocenters. The minimum absolute atomic E-state index is 0.233. The maximum absolute atomic E-state index is 8.72. The zero-order valence-corrected chi connectivity index (χ0v) is 9.47. The average Bonchev–Trinajstić information content (AvgIpc) is 2.25. The van der Waals surface area contributed by atoms with E-state index < -0.39 is 0 Å². The zero-order chi connectivity index (χ0) is 10.4. The largest absolute Gasteiger partial charge is 0.396 e. The maximum Gasteiger partial charge on any atom is 0.0525 e. The first-order chi connectivity index (χ1) is 6.77. The molecule has 3 heteroatoms. The van der Waals surface area contributed by atoms with Gasteiger partial charge in [0.25, 0.3) is 0 Å². The lowest BCUT2D eigenvalue weighted by atomic mass is 10.1. The summed E-state index contributed by atoms with van der Waals surface area (Å²) in [7, 11) is 1.96. The van der Waals surface area contributed by atoms with E-state index in [0.717, 1.165) is 5.75 Å². The Morgan fingerprint density at radius 3 is 2.93 bits per heavy atom. The lowest BCUT2D eigenvalue weighted by Crippen LogP contribution is -2.12. The fourth-order valence-electron chi connectivity index (χ4n) is 1.20. The van der Waals surface area contributed by atoms with Gasteiger partial charge in [0.15, 0.2) is 0 Å². The topological polar surface area (TPSA) is 32.3 Å². The molecule has 0 aliphatic carbocycles. The monoisotopic (exact) mass is 211 g/mol. The maximum atomic E-state index is 8.72. The summed E-state index contributed by atoms with van der Waals surface area (Å²) in [5.41, 5.74) is 1.29. The Balaban J connectivity index is 2.68. The average molecular weight is 211 g/mol. The van der Waals surface area contributed by atoms with Crippen molar-refractivity contribution in [2.75, 3.05) is 19.4 Å². The number of hydrogen-bond acceptors (Lipinski definition) is 3. The van der Waals surface area contributed by atoms with E-state index in [1.807, 2.05) is 7.05 Å². The molecule has 1 aromatic rings. The molecule has 0 aromatic heterocycles. The molecule has 78 valence electrons. The van der Waals surface area contributed by atoms with E-state index in [4.69, 9.17) is 5.11 Å². The number of nitrogens with one attached hydrogen (secondary N) is 1. The van der Waals surface area contributed by atoms with Crippen molar-refractivity contribution in [1.82, 2.24) is 5.32 Å². The number of thioether (sulfide) groups is 1. The van der Waals surface area contributed by atoms with Crippen LogP contribution in [0.1, 0.15) is 18.5 Å². The molecule has 0 amide bonds. The summed E-state index contributed by atoms with van der Waals surface area (Å²) in [6, 6.07) is 8.80. The molecule has 0 saturated heterocycles. The predicted molar refractivity (Wildman–Crippen MR) is 61.7 cm³/mol. The van der Waals surface area contributed by atoms with Crippen molar-refractivity contribution >= 4 is 11.8 Å². The van der Waals surface area contributed by atoms with Gasteiger partial charge in [-0.2, -0.15) is 0 Å². The van der Waals surface area contributed by atoms with Crippen molar-refractivity contribution < 1.29 is 5.11 Å². The van der Waals surface area contributed by atoms with E-state index >= 15 is 0 Å². The summed E-state index contributed by atoms with van der Waals surface area (Å²) in [6.07, 6.45) is 0. The standard InChI is InChI=1S/C11H17NOS/c1-9(12-2)10-4-3-5-11(8-10)14-7-6-13/h3-5,8-9,12-13H,6-7H2,1-2H3. The Morgan fingerprint density at radius 1 is 1.50 bits per heavy atom. The second kappa shape index (κ2) is 6.06. The van der Waals surface area contributed by atoms with Crippen LogP contribution in [0.15, 0.2) is 29.2 Å². The van der Waals surface area contributed by atoms with E-state index in [2.05, 4.69) is 36.5 Å². The van der Waals surface area contributed by atoms with Crippen LogP contribution in [0.25, 0.3) is 0 Å². The first kappa shape index (κ1) is 11.6. The smallest absolute Gasteiger partial charge is 0.0525 e. The van der Waals surface area contributed by atoms with Crippen LogP contribution in [0.5, 0.6) is 0 Å². The minimum Gasteiger partial charge on any atom is -0.396 e. The van der Waals surface area contributed by atoms with Crippen LogP contribution in [0.4, 0.5) is 0 Å². The van der Waals surface area contributed by atoms with Gasteiger partial charge in [-0.05, 0) is 31.7 Å². The molecule has 1 unspecified atom stereocenters. The van der Waals surface area contributed by atoms with Crippen molar-refractivity contribution in [2.24, 2.45) is 0 Å². The molecule has 0 radical (unpaired) electrons. The molecular weight excluding hydrogens is 194 g/mol. The van der Waals surface area contributed by atoms with E-state index in [1.165, 1.54) is 10.5 Å². The van der Waals surface area contributed by atoms with Crippen LogP contribution in [0, 0.1) is 0 Å². The first-order valence-corrected chi connectivity index (χ1v) is 5.77. The van der Waals surface area contributed by atoms with Crippen molar-refractivity contribution in [1.29, 1.82) is 0 Å². The minimum atomic E-state index is 0.233. The summed E-state index contributed by atoms with van der Waals surface area (Å²) in [6.45, 7) is 2.37. The molecule has 2 nitrogen and oxygen atoms in total. The van der Waals surface area contributed by atoms with Crippen LogP contribution in [0.3, 0.4) is 0 Å². The molecule has 2 N–H and O–H groups in total. The van der Waals surface area contributed by atoms with Crippen LogP contribution < -0.4 is 5.32 Å². The number of hydrogen-bond donors (Lipinski definition) is 2. The van der Waals surface area contributed by atoms with Crippen molar-refractivity contribution in [3.05, 3.63) is 29.8 Å². The Bertz CT molecular complexity index is 278. The van der Waals surface area contributed by atoms with Gasteiger partial charge in [-0.25, -0.2) is 0 Å². The summed E-state index contributed by atoms with van der Waals surface area (Å²) < 4.78 is 0. The molecule has 0 heterocycles. The predicted octanol–water partition coefficient (Wildman–Crippen LogP) is 2.05. The van der Waals surface area contributed by atoms with E-state index in [9.17, 15) is 0 Å². The SMILES string of the molecule is CNC(C)c1cccc(SCCO)c1. The first-order valence-electron chi connectivity index (χ1n) is 4.79. The molecular formula is C11H17NOS. The van der Waals surface area contributed by atoms with Crippen LogP contribution >= 0.6 is 11.8 Å². The van der Waals surface area contributed by atoms with Crippen LogP contribution in [-0.2, 0) is 0 Å². The summed E-state index contributed by atoms with van der Waals surface area (Å²) in [5.74, 6) is 0.761. The molecule has 0 spiro atoms. The normalized spacial score (nSPS) is 12.8. The second-order valence-corrected chi connectivity index (χ2v) is 4.32. The Kier molecular flexibility index (Phi) is 5.01. The van der Waals surface area contributed by atoms with Crippen molar-refractivity contribution in [2.45, 2.75) is 17.9 Å². The van der Waals surface area contributed by atoms with Gasteiger partial charge < -0.3 is 10.4 Å². The zero-order valence-electron chi connectivity index (χ0n) is 8.66. The molecule has 0 fully saturated rings. The van der Waals surface area contributed by atoms with E-state index in [-0.39, 0.29) is 6.61 Å². The third-order valence-corrected chi connectivity index (χ3v) is 3.13. The second-order valence-electron chi connectivity index (χ2n) is 3.15. The number of rotatable bonds is 5. The van der Waals surface area contributed by atoms with Gasteiger partial charge in [-0.1, -0.05) is 12.1 Å². The summed E-state index contributed by atoms with van der Waals surface area (Å²) in [5, 5.41) is 11.9. The molecule has 0 aliphatic heterocycles. The third kappa shape index (κ3) is 3.33. The van der Waals surface area contributed by atoms with E-state index in [0.29, 0.717) is 6.04 Å². The van der Waals surface area contributed by atoms with Gasteiger partial charge in [0.05, 0.1) is 6.61 Å². The van der Waals surface area contributed by atoms with E-state index in [1.54, 1.807) is 11.8 Å². The van der Waals surface area contributed by atoms with Crippen molar-refractivity contribution in [3.8, 4) is 0 Å². The number of aliphatic hydroxyl groups excluding tert-OH is 1. The molecule has 14 heavy (non-hydrogen) atoms. The fraction of sp³-hybridized carbons (Fsp3) is 0.455. The highest BCUT2D eigenvalue weighted by Crippen LogP contribution is 2.21. The van der Waals surface area contributed by atoms with Gasteiger partial charge in [-0.3, -0.25) is 0 Å². The Labute approximate surface area is 89.7 Å². The summed E-state index contributed by atoms with van der Waals surface area (Å²) in [4.78, 5) is 1.22. The molecule has 1 rings (SSSR count). The van der Waals surface area contributed by atoms with Crippen LogP contribution in [0.2, 0.25) is 0 Å². The fourth-order valence-corrected chi connectivity index (χ4v) is 1.93. The van der Waals surface area contributed by atoms with Gasteiger partial charge in [0.2, 0.25) is 0 Å². The van der Waals surface area contributed by atoms with Gasteiger partial charge in [0, 0.05) is 16.7 Å². The highest BCUT2D eigenvalue weighted by atomic mass is 32.2. The third-order valence-electron chi connectivity index (χ3n) is 2.15. The quantitative estimate of drug-likeness (QED) is 0.731. The molecule has 1 aromatic carbocycles. The summed E-state index contributed by atoms with van der Waals surface area (Å²) >= 11 is 1.68. The van der Waals surface area contributed by atoms with Crippen molar-refractivity contribution in [3.63, 3.8) is 0 Å². The Hall–Kier alpha value is -0.510. The number of aliphatic hydroxyl groups is 1. The number of benzene rings is 1.